The summed E-state index contributed by atoms with van der Waals surface area (Å²) in [5, 5.41) is 3.53. The largest absolute Gasteiger partial charge is 0.444 e. The van der Waals surface area contributed by atoms with E-state index in [0.29, 0.717) is 24.4 Å². The Morgan fingerprint density at radius 1 is 1.36 bits per heavy atom. The molecule has 1 saturated heterocycles. The molecule has 0 spiro atoms. The summed E-state index contributed by atoms with van der Waals surface area (Å²) in [5.41, 5.74) is -0.0732. The predicted molar refractivity (Wildman–Crippen MR) is 106 cm³/mol. The first-order valence-corrected chi connectivity index (χ1v) is 10.1. The van der Waals surface area contributed by atoms with Crippen molar-refractivity contribution in [3.8, 4) is 0 Å². The van der Waals surface area contributed by atoms with E-state index in [-0.39, 0.29) is 12.5 Å². The van der Waals surface area contributed by atoms with Crippen LogP contribution in [-0.2, 0) is 16.0 Å². The average Bonchev–Trinajstić information content (AvgIpc) is 3.36. The monoisotopic (exact) mass is 410 g/mol. The van der Waals surface area contributed by atoms with Crippen LogP contribution in [0, 0.1) is 5.41 Å². The first-order valence-electron chi connectivity index (χ1n) is 9.75. The number of benzene rings is 1. The summed E-state index contributed by atoms with van der Waals surface area (Å²) in [6.45, 7) is 5.63. The zero-order chi connectivity index (χ0) is 20.5. The molecule has 1 aromatic carbocycles. The van der Waals surface area contributed by atoms with Gasteiger partial charge in [-0.05, 0) is 64.2 Å². The van der Waals surface area contributed by atoms with Crippen molar-refractivity contribution in [2.75, 3.05) is 13.1 Å². The fourth-order valence-corrected chi connectivity index (χ4v) is 3.77. The predicted octanol–water partition coefficient (Wildman–Crippen LogP) is 4.13. The fraction of sp³-hybridized carbons (Fsp3) is 0.619. The third-order valence-electron chi connectivity index (χ3n) is 5.28. The molecule has 2 fully saturated rings. The van der Waals surface area contributed by atoms with Crippen molar-refractivity contribution >= 4 is 23.6 Å². The fourth-order valence-electron chi connectivity index (χ4n) is 3.55. The van der Waals surface area contributed by atoms with E-state index in [2.05, 4.69) is 5.32 Å². The van der Waals surface area contributed by atoms with Crippen molar-refractivity contribution in [2.45, 2.75) is 64.3 Å². The number of rotatable bonds is 4. The van der Waals surface area contributed by atoms with Crippen LogP contribution in [0.2, 0.25) is 5.02 Å². The minimum atomic E-state index is -1.31. The Morgan fingerprint density at radius 3 is 2.64 bits per heavy atom. The third-order valence-corrected chi connectivity index (χ3v) is 5.51. The van der Waals surface area contributed by atoms with E-state index in [4.69, 9.17) is 16.3 Å². The highest BCUT2D eigenvalue weighted by atomic mass is 35.5. The number of carbonyl (C=O) groups is 2. The molecule has 2 atom stereocenters. The molecule has 1 aromatic rings. The molecule has 1 aliphatic carbocycles. The van der Waals surface area contributed by atoms with Crippen LogP contribution in [0.4, 0.5) is 9.18 Å². The lowest BCUT2D eigenvalue weighted by molar-refractivity contribution is -0.128. The van der Waals surface area contributed by atoms with Crippen LogP contribution in [-0.4, -0.2) is 47.8 Å². The van der Waals surface area contributed by atoms with Crippen LogP contribution < -0.4 is 5.32 Å². The van der Waals surface area contributed by atoms with Crippen molar-refractivity contribution in [3.05, 3.63) is 34.9 Å². The number of piperidine rings is 1. The molecule has 1 N–H and O–H groups in total. The van der Waals surface area contributed by atoms with E-state index in [1.807, 2.05) is 18.2 Å². The number of ether oxygens (including phenoxy) is 1. The normalized spacial score (nSPS) is 23.8. The Bertz CT molecular complexity index is 745. The first kappa shape index (κ1) is 20.9. The maximum Gasteiger partial charge on any atom is 0.410 e. The second-order valence-electron chi connectivity index (χ2n) is 8.90. The highest BCUT2D eigenvalue weighted by Gasteiger charge is 2.50. The first-order chi connectivity index (χ1) is 13.1. The number of hydrogen-bond donors (Lipinski definition) is 1. The standard InChI is InChI=1S/C21H28ClFN2O3/c1-20(2,3)28-19(27)25-10-7-17(16(23)13-25)24-18(26)21(8-9-21)12-14-5-4-6-15(22)11-14/h4-6,11,16-17H,7-10,12-13H2,1-3H3,(H,24,26)/t16-,17-/m0/s1. The number of nitrogens with one attached hydrogen (secondary N) is 1. The van der Waals surface area contributed by atoms with Crippen LogP contribution in [0.5, 0.6) is 0 Å². The number of halogens is 2. The van der Waals surface area contributed by atoms with Gasteiger partial charge in [-0.2, -0.15) is 0 Å². The van der Waals surface area contributed by atoms with E-state index >= 15 is 0 Å². The highest BCUT2D eigenvalue weighted by Crippen LogP contribution is 2.49. The van der Waals surface area contributed by atoms with Gasteiger partial charge >= 0.3 is 6.09 Å². The summed E-state index contributed by atoms with van der Waals surface area (Å²) in [6, 6.07) is 6.91. The number of hydrogen-bond acceptors (Lipinski definition) is 3. The second kappa shape index (κ2) is 7.90. The number of likely N-dealkylation sites (tertiary alicyclic amines) is 1. The second-order valence-corrected chi connectivity index (χ2v) is 9.33. The van der Waals surface area contributed by atoms with Crippen molar-refractivity contribution in [3.63, 3.8) is 0 Å². The summed E-state index contributed by atoms with van der Waals surface area (Å²) in [7, 11) is 0. The molecular formula is C21H28ClFN2O3. The molecule has 1 saturated carbocycles. The van der Waals surface area contributed by atoms with Gasteiger partial charge in [-0.15, -0.1) is 0 Å². The van der Waals surface area contributed by atoms with Gasteiger partial charge in [-0.1, -0.05) is 23.7 Å². The lowest BCUT2D eigenvalue weighted by atomic mass is 9.94. The molecular weight excluding hydrogens is 383 g/mol. The molecule has 1 heterocycles. The minimum Gasteiger partial charge on any atom is -0.444 e. The molecule has 3 rings (SSSR count). The van der Waals surface area contributed by atoms with Gasteiger partial charge in [0.05, 0.1) is 18.0 Å². The topological polar surface area (TPSA) is 58.6 Å². The Kier molecular flexibility index (Phi) is 5.89. The van der Waals surface area contributed by atoms with Crippen LogP contribution in [0.25, 0.3) is 0 Å². The van der Waals surface area contributed by atoms with Gasteiger partial charge in [-0.3, -0.25) is 4.79 Å². The Hall–Kier alpha value is -1.82. The molecule has 28 heavy (non-hydrogen) atoms. The molecule has 2 aliphatic rings. The third kappa shape index (κ3) is 5.16. The van der Waals surface area contributed by atoms with Gasteiger partial charge in [0, 0.05) is 11.6 Å². The van der Waals surface area contributed by atoms with Crippen molar-refractivity contribution in [2.24, 2.45) is 5.41 Å². The Labute approximate surface area is 170 Å². The van der Waals surface area contributed by atoms with Gasteiger partial charge in [0.15, 0.2) is 0 Å². The molecule has 7 heteroatoms. The molecule has 0 bridgehead atoms. The number of nitrogens with zero attached hydrogens (tertiary/aromatic N) is 1. The molecule has 2 amide bonds. The van der Waals surface area contributed by atoms with E-state index in [1.165, 1.54) is 4.90 Å². The smallest absolute Gasteiger partial charge is 0.410 e. The van der Waals surface area contributed by atoms with Gasteiger partial charge in [0.2, 0.25) is 5.91 Å². The summed E-state index contributed by atoms with van der Waals surface area (Å²) in [5.74, 6) is -0.106. The van der Waals surface area contributed by atoms with Crippen molar-refractivity contribution in [1.82, 2.24) is 10.2 Å². The SMILES string of the molecule is CC(C)(C)OC(=O)N1CC[C@H](NC(=O)C2(Cc3cccc(Cl)c3)CC2)[C@@H](F)C1. The molecule has 5 nitrogen and oxygen atoms in total. The quantitative estimate of drug-likeness (QED) is 0.812. The van der Waals surface area contributed by atoms with Crippen LogP contribution in [0.1, 0.15) is 45.6 Å². The van der Waals surface area contributed by atoms with E-state index in [9.17, 15) is 14.0 Å². The number of alkyl halides is 1. The van der Waals surface area contributed by atoms with E-state index < -0.39 is 29.3 Å². The zero-order valence-electron chi connectivity index (χ0n) is 16.6. The van der Waals surface area contributed by atoms with Gasteiger partial charge in [0.25, 0.3) is 0 Å². The van der Waals surface area contributed by atoms with E-state index in [1.54, 1.807) is 26.8 Å². The summed E-state index contributed by atoms with van der Waals surface area (Å²) in [4.78, 5) is 26.3. The number of carbonyl (C=O) groups excluding carboxylic acids is 2. The van der Waals surface area contributed by atoms with E-state index in [0.717, 1.165) is 18.4 Å². The summed E-state index contributed by atoms with van der Waals surface area (Å²) < 4.78 is 20.0. The average molecular weight is 411 g/mol. The van der Waals surface area contributed by atoms with Crippen LogP contribution in [0.15, 0.2) is 24.3 Å². The van der Waals surface area contributed by atoms with Crippen LogP contribution >= 0.6 is 11.6 Å². The Morgan fingerprint density at radius 2 is 2.07 bits per heavy atom. The lowest BCUT2D eigenvalue weighted by Crippen LogP contribution is -2.55. The Balaban J connectivity index is 1.54. The molecule has 0 unspecified atom stereocenters. The minimum absolute atomic E-state index is 0.0683. The lowest BCUT2D eigenvalue weighted by Gasteiger charge is -2.36. The molecule has 0 radical (unpaired) electrons. The maximum absolute atomic E-state index is 14.7. The summed E-state index contributed by atoms with van der Waals surface area (Å²) >= 11 is 6.04. The molecule has 0 aromatic heterocycles. The highest BCUT2D eigenvalue weighted by molar-refractivity contribution is 6.30. The molecule has 1 aliphatic heterocycles. The van der Waals surface area contributed by atoms with Gasteiger partial charge < -0.3 is 15.0 Å². The molecule has 154 valence electrons. The summed E-state index contributed by atoms with van der Waals surface area (Å²) in [6.07, 6.45) is 0.733. The number of amides is 2. The van der Waals surface area contributed by atoms with Crippen LogP contribution in [0.3, 0.4) is 0 Å². The van der Waals surface area contributed by atoms with Crippen molar-refractivity contribution < 1.29 is 18.7 Å². The van der Waals surface area contributed by atoms with Crippen molar-refractivity contribution in [1.29, 1.82) is 0 Å². The van der Waals surface area contributed by atoms with Gasteiger partial charge in [-0.25, -0.2) is 9.18 Å². The maximum atomic E-state index is 14.7. The zero-order valence-corrected chi connectivity index (χ0v) is 17.4. The van der Waals surface area contributed by atoms with Gasteiger partial charge in [0.1, 0.15) is 11.8 Å².